The van der Waals surface area contributed by atoms with Crippen LogP contribution in [0, 0.1) is 0 Å². The van der Waals surface area contributed by atoms with Crippen molar-refractivity contribution >= 4 is 0 Å². The largest absolute Gasteiger partial charge is 0.504 e. The Morgan fingerprint density at radius 2 is 1.40 bits per heavy atom. The first-order chi connectivity index (χ1) is 23.1. The summed E-state index contributed by atoms with van der Waals surface area (Å²) >= 11 is 0. The molecule has 0 radical (unpaired) electrons. The van der Waals surface area contributed by atoms with E-state index >= 15 is 0 Å². The number of rotatable bonds is 19. The van der Waals surface area contributed by atoms with Gasteiger partial charge >= 0.3 is 0 Å². The van der Waals surface area contributed by atoms with Gasteiger partial charge < -0.3 is 29.3 Å². The first-order valence-corrected chi connectivity index (χ1v) is 17.4. The monoisotopic (exact) mass is 637 g/mol. The number of unbranched alkanes of at least 4 members (excludes halogenated alkanes) is 3. The predicted molar refractivity (Wildman–Crippen MR) is 188 cm³/mol. The van der Waals surface area contributed by atoms with Crippen LogP contribution in [0.1, 0.15) is 73.3 Å². The molecule has 0 spiro atoms. The summed E-state index contributed by atoms with van der Waals surface area (Å²) in [6, 6.07) is 30.7. The van der Waals surface area contributed by atoms with Gasteiger partial charge in [-0.1, -0.05) is 92.6 Å². The van der Waals surface area contributed by atoms with Crippen molar-refractivity contribution in [2.45, 2.75) is 84.0 Å². The van der Waals surface area contributed by atoms with Crippen molar-refractivity contribution < 1.29 is 24.4 Å². The van der Waals surface area contributed by atoms with E-state index in [9.17, 15) is 10.2 Å². The zero-order chi connectivity index (χ0) is 32.7. The van der Waals surface area contributed by atoms with Crippen LogP contribution in [0.3, 0.4) is 0 Å². The quantitative estimate of drug-likeness (QED) is 0.0792. The van der Waals surface area contributed by atoms with Crippen LogP contribution in [0.25, 0.3) is 0 Å². The Morgan fingerprint density at radius 3 is 2.13 bits per heavy atom. The first kappa shape index (κ1) is 34.3. The lowest BCUT2D eigenvalue weighted by atomic mass is 9.86. The van der Waals surface area contributed by atoms with Crippen LogP contribution in [0.2, 0.25) is 0 Å². The smallest absolute Gasteiger partial charge is 0.161 e. The molecule has 0 saturated heterocycles. The van der Waals surface area contributed by atoms with Gasteiger partial charge in [-0.15, -0.1) is 0 Å². The highest BCUT2D eigenvalue weighted by atomic mass is 16.5. The minimum atomic E-state index is -0.00576. The molecule has 0 unspecified atom stereocenters. The number of benzene rings is 4. The third-order valence-corrected chi connectivity index (χ3v) is 9.07. The van der Waals surface area contributed by atoms with E-state index in [4.69, 9.17) is 14.2 Å². The number of hydrogen-bond donors (Lipinski definition) is 2. The van der Waals surface area contributed by atoms with Gasteiger partial charge in [-0.25, -0.2) is 0 Å². The summed E-state index contributed by atoms with van der Waals surface area (Å²) < 4.78 is 18.4. The molecule has 0 saturated carbocycles. The number of phenols is 2. The van der Waals surface area contributed by atoms with E-state index in [0.29, 0.717) is 25.9 Å². The third-order valence-electron chi connectivity index (χ3n) is 9.07. The molecule has 250 valence electrons. The summed E-state index contributed by atoms with van der Waals surface area (Å²) in [5.41, 5.74) is 5.53. The molecule has 6 heteroatoms. The lowest BCUT2D eigenvalue weighted by molar-refractivity contribution is 0.131. The van der Waals surface area contributed by atoms with E-state index < -0.39 is 0 Å². The van der Waals surface area contributed by atoms with E-state index in [1.54, 1.807) is 6.07 Å². The molecule has 0 fully saturated rings. The van der Waals surface area contributed by atoms with Gasteiger partial charge in [-0.3, -0.25) is 0 Å². The summed E-state index contributed by atoms with van der Waals surface area (Å²) in [5, 5.41) is 20.1. The molecule has 1 aliphatic carbocycles. The predicted octanol–water partition coefficient (Wildman–Crippen LogP) is 8.64. The second-order valence-electron chi connectivity index (χ2n) is 12.6. The van der Waals surface area contributed by atoms with E-state index in [1.165, 1.54) is 30.4 Å². The molecule has 0 heterocycles. The van der Waals surface area contributed by atoms with Crippen molar-refractivity contribution in [2.24, 2.45) is 0 Å². The maximum atomic E-state index is 10.3. The summed E-state index contributed by atoms with van der Waals surface area (Å²) in [6.45, 7) is 6.91. The summed E-state index contributed by atoms with van der Waals surface area (Å²) in [4.78, 5) is 2.64. The SMILES string of the molecule is CCCN(CCCCCCOCCc1ccc(OCc2ccccc2)c(OCc2ccccc2)c1)[C@H]1CCc2c(ccc(O)c2O)C1. The van der Waals surface area contributed by atoms with E-state index in [2.05, 4.69) is 48.2 Å². The lowest BCUT2D eigenvalue weighted by Gasteiger charge is -2.35. The average Bonchev–Trinajstić information content (AvgIpc) is 3.11. The van der Waals surface area contributed by atoms with Gasteiger partial charge in [0.05, 0.1) is 6.61 Å². The zero-order valence-corrected chi connectivity index (χ0v) is 27.9. The van der Waals surface area contributed by atoms with Crippen LogP contribution >= 0.6 is 0 Å². The van der Waals surface area contributed by atoms with Crippen LogP contribution in [-0.4, -0.2) is 47.5 Å². The first-order valence-electron chi connectivity index (χ1n) is 17.4. The fourth-order valence-electron chi connectivity index (χ4n) is 6.45. The molecule has 4 aromatic rings. The minimum absolute atomic E-state index is 0.00576. The molecule has 47 heavy (non-hydrogen) atoms. The molecule has 4 aromatic carbocycles. The van der Waals surface area contributed by atoms with Gasteiger partial charge in [-0.05, 0) is 98.5 Å². The number of hydrogen-bond acceptors (Lipinski definition) is 6. The molecule has 0 bridgehead atoms. The molecule has 0 aliphatic heterocycles. The fourth-order valence-corrected chi connectivity index (χ4v) is 6.45. The maximum absolute atomic E-state index is 10.3. The number of ether oxygens (including phenoxy) is 3. The Bertz CT molecular complexity index is 1490. The topological polar surface area (TPSA) is 71.4 Å². The summed E-state index contributed by atoms with van der Waals surface area (Å²) in [7, 11) is 0. The fraction of sp³-hybridized carbons (Fsp3) is 0.415. The van der Waals surface area contributed by atoms with Gasteiger partial charge in [-0.2, -0.15) is 0 Å². The molecule has 5 rings (SSSR count). The standard InChI is InChI=1S/C41H51NO5/c1-2-24-42(36-19-20-37-35(29-36)18-21-38(43)41(37)44)25-11-3-4-12-26-45-27-23-32-17-22-39(46-30-33-13-7-5-8-14-33)40(28-32)47-31-34-15-9-6-10-16-34/h5-10,13-18,21-22,28,36,43-44H,2-4,11-12,19-20,23-27,29-31H2,1H3/t36-/m0/s1. The summed E-state index contributed by atoms with van der Waals surface area (Å²) in [5.74, 6) is 1.58. The van der Waals surface area contributed by atoms with Crippen LogP contribution < -0.4 is 9.47 Å². The van der Waals surface area contributed by atoms with Crippen molar-refractivity contribution in [1.82, 2.24) is 4.90 Å². The summed E-state index contributed by atoms with van der Waals surface area (Å²) in [6.07, 6.45) is 9.41. The van der Waals surface area contributed by atoms with Gasteiger partial charge in [0.1, 0.15) is 13.2 Å². The molecule has 2 N–H and O–H groups in total. The van der Waals surface area contributed by atoms with E-state index in [-0.39, 0.29) is 11.5 Å². The Labute approximate surface area is 280 Å². The van der Waals surface area contributed by atoms with Crippen molar-refractivity contribution in [3.63, 3.8) is 0 Å². The Kier molecular flexibility index (Phi) is 13.4. The van der Waals surface area contributed by atoms with Crippen molar-refractivity contribution in [2.75, 3.05) is 26.3 Å². The van der Waals surface area contributed by atoms with Crippen molar-refractivity contribution in [3.05, 3.63) is 119 Å². The van der Waals surface area contributed by atoms with Gasteiger partial charge in [0.15, 0.2) is 23.0 Å². The molecule has 0 amide bonds. The highest BCUT2D eigenvalue weighted by Gasteiger charge is 2.26. The third kappa shape index (κ3) is 10.5. The second kappa shape index (κ2) is 18.4. The number of fused-ring (bicyclic) bond motifs is 1. The molecular weight excluding hydrogens is 586 g/mol. The van der Waals surface area contributed by atoms with Crippen LogP contribution in [-0.2, 0) is 37.2 Å². The zero-order valence-electron chi connectivity index (χ0n) is 27.9. The molecule has 0 aromatic heterocycles. The lowest BCUT2D eigenvalue weighted by Crippen LogP contribution is -2.40. The Morgan fingerprint density at radius 1 is 0.702 bits per heavy atom. The van der Waals surface area contributed by atoms with Gasteiger partial charge in [0.25, 0.3) is 0 Å². The average molecular weight is 638 g/mol. The molecule has 1 aliphatic rings. The number of phenolic OH excluding ortho intramolecular Hbond substituents is 2. The Hall–Kier alpha value is -4.00. The highest BCUT2D eigenvalue weighted by molar-refractivity contribution is 5.50. The Balaban J connectivity index is 1.01. The molecular formula is C41H51NO5. The second-order valence-corrected chi connectivity index (χ2v) is 12.6. The molecule has 6 nitrogen and oxygen atoms in total. The van der Waals surface area contributed by atoms with Crippen molar-refractivity contribution in [3.8, 4) is 23.0 Å². The van der Waals surface area contributed by atoms with Gasteiger partial charge in [0.2, 0.25) is 0 Å². The van der Waals surface area contributed by atoms with E-state index in [0.717, 1.165) is 86.4 Å². The number of nitrogens with zero attached hydrogens (tertiary/aromatic N) is 1. The minimum Gasteiger partial charge on any atom is -0.504 e. The molecule has 1 atom stereocenters. The van der Waals surface area contributed by atoms with Crippen LogP contribution in [0.15, 0.2) is 91.0 Å². The van der Waals surface area contributed by atoms with Crippen molar-refractivity contribution in [1.29, 1.82) is 0 Å². The van der Waals surface area contributed by atoms with Crippen LogP contribution in [0.5, 0.6) is 23.0 Å². The van der Waals surface area contributed by atoms with Gasteiger partial charge in [0, 0.05) is 18.2 Å². The highest BCUT2D eigenvalue weighted by Crippen LogP contribution is 2.37. The van der Waals surface area contributed by atoms with E-state index in [1.807, 2.05) is 48.5 Å². The maximum Gasteiger partial charge on any atom is 0.161 e. The normalized spacial score (nSPS) is 14.2. The number of aromatic hydroxyl groups is 2. The van der Waals surface area contributed by atoms with Crippen LogP contribution in [0.4, 0.5) is 0 Å².